The highest BCUT2D eigenvalue weighted by Crippen LogP contribution is 2.13. The molecule has 4 heteroatoms. The molecule has 0 spiro atoms. The fourth-order valence-electron chi connectivity index (χ4n) is 1.56. The zero-order chi connectivity index (χ0) is 12.8. The van der Waals surface area contributed by atoms with Crippen molar-refractivity contribution in [2.75, 3.05) is 11.6 Å². The summed E-state index contributed by atoms with van der Waals surface area (Å²) in [6.07, 6.45) is 2.19. The lowest BCUT2D eigenvalue weighted by Gasteiger charge is -2.08. The predicted molar refractivity (Wildman–Crippen MR) is 72.3 cm³/mol. The zero-order valence-electron chi connectivity index (χ0n) is 10.5. The number of nitrogens with one attached hydrogen (secondary N) is 1. The van der Waals surface area contributed by atoms with E-state index >= 15 is 0 Å². The molecule has 1 aromatic carbocycles. The molecule has 1 atom stereocenters. The van der Waals surface area contributed by atoms with Gasteiger partial charge in [-0.15, -0.1) is 0 Å². The summed E-state index contributed by atoms with van der Waals surface area (Å²) >= 11 is 0. The van der Waals surface area contributed by atoms with E-state index in [1.54, 1.807) is 6.26 Å². The SMILES string of the molecule is CC(C)CC(=O)Nc1cccc(C[S@](C)=O)c1. The summed E-state index contributed by atoms with van der Waals surface area (Å²) in [4.78, 5) is 11.6. The Morgan fingerprint density at radius 1 is 1.41 bits per heavy atom. The van der Waals surface area contributed by atoms with Crippen molar-refractivity contribution in [3.8, 4) is 0 Å². The first kappa shape index (κ1) is 13.9. The molecule has 0 saturated heterocycles. The van der Waals surface area contributed by atoms with Crippen molar-refractivity contribution in [3.63, 3.8) is 0 Å². The molecule has 0 aliphatic rings. The Kier molecular flexibility index (Phi) is 5.35. The number of hydrogen-bond acceptors (Lipinski definition) is 2. The van der Waals surface area contributed by atoms with Crippen molar-refractivity contribution >= 4 is 22.4 Å². The average Bonchev–Trinajstić information content (AvgIpc) is 2.14. The van der Waals surface area contributed by atoms with Gasteiger partial charge in [-0.2, -0.15) is 0 Å². The summed E-state index contributed by atoms with van der Waals surface area (Å²) < 4.78 is 11.1. The monoisotopic (exact) mass is 253 g/mol. The molecule has 1 rings (SSSR count). The number of anilines is 1. The Hall–Kier alpha value is -1.16. The first-order valence-electron chi connectivity index (χ1n) is 5.66. The minimum atomic E-state index is -0.859. The molecule has 0 saturated carbocycles. The van der Waals surface area contributed by atoms with Gasteiger partial charge in [-0.1, -0.05) is 26.0 Å². The number of amides is 1. The van der Waals surface area contributed by atoms with Gasteiger partial charge in [-0.25, -0.2) is 0 Å². The van der Waals surface area contributed by atoms with Crippen LogP contribution in [0.5, 0.6) is 0 Å². The summed E-state index contributed by atoms with van der Waals surface area (Å²) in [7, 11) is -0.859. The normalized spacial score (nSPS) is 12.5. The number of benzene rings is 1. The average molecular weight is 253 g/mol. The van der Waals surface area contributed by atoms with Gasteiger partial charge in [-0.3, -0.25) is 9.00 Å². The number of carbonyl (C=O) groups excluding carboxylic acids is 1. The highest BCUT2D eigenvalue weighted by molar-refractivity contribution is 7.83. The lowest BCUT2D eigenvalue weighted by Crippen LogP contribution is -2.13. The standard InChI is InChI=1S/C13H19NO2S/c1-10(2)7-13(15)14-12-6-4-5-11(8-12)9-17(3)16/h4-6,8,10H,7,9H2,1-3H3,(H,14,15)/t17-/m0/s1. The minimum Gasteiger partial charge on any atom is -0.326 e. The van der Waals surface area contributed by atoms with Crippen LogP contribution in [-0.2, 0) is 21.3 Å². The third-order valence-corrected chi connectivity index (χ3v) is 2.91. The van der Waals surface area contributed by atoms with Gasteiger partial charge in [0.15, 0.2) is 0 Å². The van der Waals surface area contributed by atoms with Crippen molar-refractivity contribution in [3.05, 3.63) is 29.8 Å². The van der Waals surface area contributed by atoms with Crippen LogP contribution in [0.1, 0.15) is 25.8 Å². The van der Waals surface area contributed by atoms with E-state index in [-0.39, 0.29) is 5.91 Å². The Balaban J connectivity index is 2.65. The van der Waals surface area contributed by atoms with Gasteiger partial charge in [0.25, 0.3) is 0 Å². The van der Waals surface area contributed by atoms with Crippen LogP contribution in [0.4, 0.5) is 5.69 Å². The summed E-state index contributed by atoms with van der Waals surface area (Å²) in [6, 6.07) is 7.51. The van der Waals surface area contributed by atoms with Crippen molar-refractivity contribution in [1.82, 2.24) is 0 Å². The van der Waals surface area contributed by atoms with Crippen LogP contribution in [-0.4, -0.2) is 16.4 Å². The summed E-state index contributed by atoms with van der Waals surface area (Å²) in [6.45, 7) is 4.02. The van der Waals surface area contributed by atoms with E-state index in [2.05, 4.69) is 5.32 Å². The third-order valence-electron chi connectivity index (χ3n) is 2.17. The second-order valence-electron chi connectivity index (χ2n) is 4.56. The Labute approximate surface area is 105 Å². The lowest BCUT2D eigenvalue weighted by molar-refractivity contribution is -0.116. The molecule has 0 bridgehead atoms. The van der Waals surface area contributed by atoms with Gasteiger partial charge in [0.05, 0.1) is 0 Å². The van der Waals surface area contributed by atoms with Crippen LogP contribution in [0.15, 0.2) is 24.3 Å². The smallest absolute Gasteiger partial charge is 0.224 e. The van der Waals surface area contributed by atoms with Gasteiger partial charge in [0, 0.05) is 34.9 Å². The van der Waals surface area contributed by atoms with Crippen LogP contribution < -0.4 is 5.32 Å². The molecule has 0 heterocycles. The highest BCUT2D eigenvalue weighted by Gasteiger charge is 2.05. The molecule has 1 N–H and O–H groups in total. The molecule has 17 heavy (non-hydrogen) atoms. The first-order valence-corrected chi connectivity index (χ1v) is 7.39. The van der Waals surface area contributed by atoms with E-state index in [0.717, 1.165) is 11.3 Å². The molecule has 0 aromatic heterocycles. The highest BCUT2D eigenvalue weighted by atomic mass is 32.2. The Bertz CT molecular complexity index is 416. The number of rotatable bonds is 5. The predicted octanol–water partition coefficient (Wildman–Crippen LogP) is 2.55. The first-order chi connectivity index (χ1) is 7.97. The van der Waals surface area contributed by atoms with Gasteiger partial charge in [-0.05, 0) is 23.6 Å². The molecule has 0 fully saturated rings. The Morgan fingerprint density at radius 2 is 2.12 bits per heavy atom. The maximum Gasteiger partial charge on any atom is 0.224 e. The molecular formula is C13H19NO2S. The molecule has 1 aromatic rings. The van der Waals surface area contributed by atoms with Crippen LogP contribution in [0.3, 0.4) is 0 Å². The molecule has 0 radical (unpaired) electrons. The van der Waals surface area contributed by atoms with E-state index in [0.29, 0.717) is 18.1 Å². The van der Waals surface area contributed by atoms with E-state index in [1.165, 1.54) is 0 Å². The quantitative estimate of drug-likeness (QED) is 0.876. The second-order valence-corrected chi connectivity index (χ2v) is 6.00. The van der Waals surface area contributed by atoms with Crippen LogP contribution in [0.25, 0.3) is 0 Å². The van der Waals surface area contributed by atoms with E-state index in [1.807, 2.05) is 38.1 Å². The van der Waals surface area contributed by atoms with Crippen LogP contribution in [0.2, 0.25) is 0 Å². The molecule has 94 valence electrons. The topological polar surface area (TPSA) is 46.2 Å². The van der Waals surface area contributed by atoms with Gasteiger partial charge in [0.2, 0.25) is 5.91 Å². The van der Waals surface area contributed by atoms with Crippen molar-refractivity contribution in [2.24, 2.45) is 5.92 Å². The molecule has 0 unspecified atom stereocenters. The van der Waals surface area contributed by atoms with Gasteiger partial charge in [0.1, 0.15) is 0 Å². The number of hydrogen-bond donors (Lipinski definition) is 1. The zero-order valence-corrected chi connectivity index (χ0v) is 11.3. The summed E-state index contributed by atoms with van der Waals surface area (Å²) in [5.41, 5.74) is 1.76. The largest absolute Gasteiger partial charge is 0.326 e. The van der Waals surface area contributed by atoms with Crippen molar-refractivity contribution in [1.29, 1.82) is 0 Å². The molecular weight excluding hydrogens is 234 g/mol. The minimum absolute atomic E-state index is 0.0229. The summed E-state index contributed by atoms with van der Waals surface area (Å²) in [5, 5.41) is 2.85. The Morgan fingerprint density at radius 3 is 2.71 bits per heavy atom. The third kappa shape index (κ3) is 5.63. The molecule has 3 nitrogen and oxygen atoms in total. The van der Waals surface area contributed by atoms with E-state index < -0.39 is 10.8 Å². The maximum atomic E-state index is 11.6. The number of carbonyl (C=O) groups is 1. The second kappa shape index (κ2) is 6.55. The van der Waals surface area contributed by atoms with Crippen molar-refractivity contribution < 1.29 is 9.00 Å². The molecule has 1 amide bonds. The van der Waals surface area contributed by atoms with Crippen LogP contribution in [0, 0.1) is 5.92 Å². The lowest BCUT2D eigenvalue weighted by atomic mass is 10.1. The van der Waals surface area contributed by atoms with Crippen LogP contribution >= 0.6 is 0 Å². The van der Waals surface area contributed by atoms with E-state index in [9.17, 15) is 9.00 Å². The van der Waals surface area contributed by atoms with E-state index in [4.69, 9.17) is 0 Å². The molecule has 0 aliphatic heterocycles. The summed E-state index contributed by atoms with van der Waals surface area (Å²) in [5.74, 6) is 0.893. The van der Waals surface area contributed by atoms with Gasteiger partial charge < -0.3 is 5.32 Å². The fourth-order valence-corrected chi connectivity index (χ4v) is 2.21. The van der Waals surface area contributed by atoms with Gasteiger partial charge >= 0.3 is 0 Å². The molecule has 0 aliphatic carbocycles. The van der Waals surface area contributed by atoms with Crippen molar-refractivity contribution in [2.45, 2.75) is 26.0 Å². The fraction of sp³-hybridized carbons (Fsp3) is 0.462. The maximum absolute atomic E-state index is 11.6.